The van der Waals surface area contributed by atoms with Gasteiger partial charge in [0.05, 0.1) is 6.54 Å². The van der Waals surface area contributed by atoms with E-state index >= 15 is 0 Å². The maximum Gasteiger partial charge on any atom is 0.253 e. The number of hydrogen-bond acceptors (Lipinski definition) is 4. The minimum Gasteiger partial charge on any atom is -0.471 e. The van der Waals surface area contributed by atoms with Crippen LogP contribution in [0.3, 0.4) is 0 Å². The zero-order valence-electron chi connectivity index (χ0n) is 13.1. The van der Waals surface area contributed by atoms with Crippen molar-refractivity contribution in [1.29, 1.82) is 5.26 Å². The Labute approximate surface area is 155 Å². The molecule has 0 radical (unpaired) electrons. The summed E-state index contributed by atoms with van der Waals surface area (Å²) in [5.74, 6) is 0.465. The molecule has 1 heterocycles. The molecule has 2 N–H and O–H groups in total. The third kappa shape index (κ3) is 4.05. The molecule has 7 heteroatoms. The Morgan fingerprint density at radius 1 is 1.08 bits per heavy atom. The standard InChI is InChI=1S/C18H14Cl2N4O/c19-14-6-4-12(5-7-14)10-24-17(22)16(9-21)18(23-24)25-11-13-2-1-3-15(20)8-13/h1-8H,10-11,22H2. The molecule has 0 aliphatic rings. The third-order valence-electron chi connectivity index (χ3n) is 3.58. The maximum absolute atomic E-state index is 9.35. The summed E-state index contributed by atoms with van der Waals surface area (Å²) < 4.78 is 7.21. The van der Waals surface area contributed by atoms with Crippen LogP contribution in [0.1, 0.15) is 16.7 Å². The molecule has 3 rings (SSSR count). The number of nitrogens with two attached hydrogens (primary N) is 1. The van der Waals surface area contributed by atoms with Gasteiger partial charge in [0, 0.05) is 10.0 Å². The van der Waals surface area contributed by atoms with Gasteiger partial charge in [0.1, 0.15) is 18.5 Å². The van der Waals surface area contributed by atoms with Gasteiger partial charge < -0.3 is 10.5 Å². The average molecular weight is 373 g/mol. The van der Waals surface area contributed by atoms with E-state index in [0.29, 0.717) is 16.6 Å². The van der Waals surface area contributed by atoms with Crippen LogP contribution < -0.4 is 10.5 Å². The Bertz CT molecular complexity index is 929. The highest BCUT2D eigenvalue weighted by Crippen LogP contribution is 2.25. The van der Waals surface area contributed by atoms with Crippen molar-refractivity contribution < 1.29 is 4.74 Å². The Hall–Kier alpha value is -2.68. The van der Waals surface area contributed by atoms with Crippen molar-refractivity contribution in [2.24, 2.45) is 0 Å². The SMILES string of the molecule is N#Cc1c(OCc2cccc(Cl)c2)nn(Cc2ccc(Cl)cc2)c1N. The molecule has 0 bridgehead atoms. The third-order valence-corrected chi connectivity index (χ3v) is 4.07. The van der Waals surface area contributed by atoms with Gasteiger partial charge in [-0.2, -0.15) is 5.26 Å². The monoisotopic (exact) mass is 372 g/mol. The van der Waals surface area contributed by atoms with E-state index in [4.69, 9.17) is 33.7 Å². The minimum absolute atomic E-state index is 0.203. The van der Waals surface area contributed by atoms with Crippen LogP contribution in [-0.2, 0) is 13.2 Å². The van der Waals surface area contributed by atoms with Crippen LogP contribution >= 0.6 is 23.2 Å². The molecule has 0 unspecified atom stereocenters. The van der Waals surface area contributed by atoms with Crippen molar-refractivity contribution in [3.63, 3.8) is 0 Å². The highest BCUT2D eigenvalue weighted by atomic mass is 35.5. The fraction of sp³-hybridized carbons (Fsp3) is 0.111. The number of ether oxygens (including phenoxy) is 1. The molecule has 0 spiro atoms. The van der Waals surface area contributed by atoms with Crippen molar-refractivity contribution in [3.05, 3.63) is 75.3 Å². The summed E-state index contributed by atoms with van der Waals surface area (Å²) >= 11 is 11.8. The predicted octanol–water partition coefficient (Wildman–Crippen LogP) is 4.27. The maximum atomic E-state index is 9.35. The molecule has 0 atom stereocenters. The first-order valence-electron chi connectivity index (χ1n) is 7.45. The zero-order valence-corrected chi connectivity index (χ0v) is 14.6. The number of nitriles is 1. The summed E-state index contributed by atoms with van der Waals surface area (Å²) in [6, 6.07) is 16.7. The lowest BCUT2D eigenvalue weighted by molar-refractivity contribution is 0.289. The lowest BCUT2D eigenvalue weighted by Crippen LogP contribution is -2.06. The van der Waals surface area contributed by atoms with E-state index in [2.05, 4.69) is 5.10 Å². The van der Waals surface area contributed by atoms with E-state index in [1.807, 2.05) is 30.3 Å². The number of aromatic nitrogens is 2. The van der Waals surface area contributed by atoms with Gasteiger partial charge in [0.15, 0.2) is 5.56 Å². The van der Waals surface area contributed by atoms with Crippen LogP contribution in [0.25, 0.3) is 0 Å². The lowest BCUT2D eigenvalue weighted by Gasteiger charge is -2.04. The fourth-order valence-electron chi connectivity index (χ4n) is 2.32. The van der Waals surface area contributed by atoms with Crippen LogP contribution in [0, 0.1) is 11.3 Å². The van der Waals surface area contributed by atoms with Crippen LogP contribution in [0.2, 0.25) is 10.0 Å². The molecular weight excluding hydrogens is 359 g/mol. The van der Waals surface area contributed by atoms with Crippen LogP contribution in [0.5, 0.6) is 5.88 Å². The molecule has 2 aromatic carbocycles. The van der Waals surface area contributed by atoms with E-state index in [-0.39, 0.29) is 23.9 Å². The minimum atomic E-state index is 0.203. The molecule has 25 heavy (non-hydrogen) atoms. The highest BCUT2D eigenvalue weighted by molar-refractivity contribution is 6.30. The average Bonchev–Trinajstić information content (AvgIpc) is 2.90. The van der Waals surface area contributed by atoms with Gasteiger partial charge in [-0.25, -0.2) is 4.68 Å². The van der Waals surface area contributed by atoms with Gasteiger partial charge in [0.25, 0.3) is 5.88 Å². The second-order valence-corrected chi connectivity index (χ2v) is 6.25. The number of nitrogens with zero attached hydrogens (tertiary/aromatic N) is 3. The quantitative estimate of drug-likeness (QED) is 0.725. The topological polar surface area (TPSA) is 76.9 Å². The number of anilines is 1. The summed E-state index contributed by atoms with van der Waals surface area (Å²) in [6.07, 6.45) is 0. The van der Waals surface area contributed by atoms with Crippen molar-refractivity contribution in [2.75, 3.05) is 5.73 Å². The van der Waals surface area contributed by atoms with Crippen molar-refractivity contribution >= 4 is 29.0 Å². The number of nitrogen functional groups attached to an aromatic ring is 1. The van der Waals surface area contributed by atoms with Crippen molar-refractivity contribution in [2.45, 2.75) is 13.2 Å². The van der Waals surface area contributed by atoms with Crippen LogP contribution in [0.15, 0.2) is 48.5 Å². The molecule has 0 saturated heterocycles. The Kier molecular flexibility index (Phi) is 5.13. The van der Waals surface area contributed by atoms with E-state index in [0.717, 1.165) is 11.1 Å². The second kappa shape index (κ2) is 7.47. The summed E-state index contributed by atoms with van der Waals surface area (Å²) in [5, 5.41) is 14.9. The fourth-order valence-corrected chi connectivity index (χ4v) is 2.66. The molecule has 0 aliphatic heterocycles. The van der Waals surface area contributed by atoms with Gasteiger partial charge in [-0.15, -0.1) is 5.10 Å². The van der Waals surface area contributed by atoms with E-state index < -0.39 is 0 Å². The lowest BCUT2D eigenvalue weighted by atomic mass is 10.2. The van der Waals surface area contributed by atoms with E-state index in [1.165, 1.54) is 4.68 Å². The van der Waals surface area contributed by atoms with Crippen molar-refractivity contribution in [1.82, 2.24) is 9.78 Å². The predicted molar refractivity (Wildman–Crippen MR) is 97.7 cm³/mol. The number of rotatable bonds is 5. The molecule has 0 aliphatic carbocycles. The van der Waals surface area contributed by atoms with E-state index in [1.54, 1.807) is 24.3 Å². The largest absolute Gasteiger partial charge is 0.471 e. The number of hydrogen-bond donors (Lipinski definition) is 1. The Morgan fingerprint density at radius 3 is 2.52 bits per heavy atom. The molecule has 5 nitrogen and oxygen atoms in total. The first-order valence-corrected chi connectivity index (χ1v) is 8.20. The number of halogens is 2. The molecule has 0 saturated carbocycles. The van der Waals surface area contributed by atoms with Gasteiger partial charge in [0.2, 0.25) is 0 Å². The zero-order chi connectivity index (χ0) is 17.8. The second-order valence-electron chi connectivity index (χ2n) is 5.38. The van der Waals surface area contributed by atoms with Gasteiger partial charge in [-0.05, 0) is 35.4 Å². The molecule has 0 amide bonds. The summed E-state index contributed by atoms with van der Waals surface area (Å²) in [4.78, 5) is 0. The summed E-state index contributed by atoms with van der Waals surface area (Å²) in [7, 11) is 0. The van der Waals surface area contributed by atoms with Gasteiger partial charge >= 0.3 is 0 Å². The normalized spacial score (nSPS) is 10.4. The van der Waals surface area contributed by atoms with Crippen molar-refractivity contribution in [3.8, 4) is 11.9 Å². The summed E-state index contributed by atoms with van der Waals surface area (Å²) in [6.45, 7) is 0.658. The van der Waals surface area contributed by atoms with E-state index in [9.17, 15) is 5.26 Å². The molecular formula is C18H14Cl2N4O. The Balaban J connectivity index is 1.80. The van der Waals surface area contributed by atoms with Crippen LogP contribution in [-0.4, -0.2) is 9.78 Å². The summed E-state index contributed by atoms with van der Waals surface area (Å²) in [5.41, 5.74) is 8.09. The molecule has 3 aromatic rings. The van der Waals surface area contributed by atoms with Crippen LogP contribution in [0.4, 0.5) is 5.82 Å². The number of benzene rings is 2. The molecule has 1 aromatic heterocycles. The van der Waals surface area contributed by atoms with Gasteiger partial charge in [-0.3, -0.25) is 0 Å². The molecule has 126 valence electrons. The Morgan fingerprint density at radius 2 is 1.84 bits per heavy atom. The molecule has 0 fully saturated rings. The highest BCUT2D eigenvalue weighted by Gasteiger charge is 2.17. The van der Waals surface area contributed by atoms with Gasteiger partial charge in [-0.1, -0.05) is 47.5 Å². The first kappa shape index (κ1) is 17.2. The smallest absolute Gasteiger partial charge is 0.253 e. The first-order chi connectivity index (χ1) is 12.1.